The van der Waals surface area contributed by atoms with Crippen molar-refractivity contribution < 1.29 is 8.42 Å². The summed E-state index contributed by atoms with van der Waals surface area (Å²) in [4.78, 5) is 2.33. The van der Waals surface area contributed by atoms with Crippen LogP contribution in [0.25, 0.3) is 0 Å². The number of sulfonamides is 1. The maximum atomic E-state index is 12.0. The van der Waals surface area contributed by atoms with Gasteiger partial charge in [0.1, 0.15) is 0 Å². The van der Waals surface area contributed by atoms with E-state index in [-0.39, 0.29) is 5.75 Å². The van der Waals surface area contributed by atoms with Crippen LogP contribution in [-0.4, -0.2) is 62.6 Å². The van der Waals surface area contributed by atoms with Gasteiger partial charge < -0.3 is 10.6 Å². The molecule has 1 rings (SSSR count). The largest absolute Gasteiger partial charge is 0.330 e. The normalized spacial score (nSPS) is 21.7. The molecule has 1 saturated heterocycles. The first-order valence-electron chi connectivity index (χ1n) is 6.89. The van der Waals surface area contributed by atoms with Gasteiger partial charge in [-0.15, -0.1) is 0 Å². The quantitative estimate of drug-likeness (QED) is 0.760. The molecule has 18 heavy (non-hydrogen) atoms. The third-order valence-electron chi connectivity index (χ3n) is 3.38. The highest BCUT2D eigenvalue weighted by atomic mass is 32.2. The van der Waals surface area contributed by atoms with Crippen LogP contribution in [0.4, 0.5) is 0 Å². The molecular weight excluding hydrogens is 250 g/mol. The molecule has 0 spiro atoms. The molecule has 1 fully saturated rings. The molecule has 0 aliphatic carbocycles. The van der Waals surface area contributed by atoms with Gasteiger partial charge in [-0.25, -0.2) is 12.7 Å². The van der Waals surface area contributed by atoms with Crippen molar-refractivity contribution in [3.63, 3.8) is 0 Å². The Kier molecular flexibility index (Phi) is 6.55. The van der Waals surface area contributed by atoms with Crippen LogP contribution in [0, 0.1) is 5.92 Å². The fourth-order valence-corrected chi connectivity index (χ4v) is 3.85. The summed E-state index contributed by atoms with van der Waals surface area (Å²) in [5, 5.41) is 0. The van der Waals surface area contributed by atoms with Crippen molar-refractivity contribution in [1.82, 2.24) is 9.21 Å². The lowest BCUT2D eigenvalue weighted by Gasteiger charge is -2.23. The van der Waals surface area contributed by atoms with Gasteiger partial charge in [0.15, 0.2) is 0 Å². The van der Waals surface area contributed by atoms with Gasteiger partial charge in [0, 0.05) is 26.2 Å². The van der Waals surface area contributed by atoms with Crippen LogP contribution >= 0.6 is 0 Å². The van der Waals surface area contributed by atoms with Crippen LogP contribution < -0.4 is 5.73 Å². The first-order chi connectivity index (χ1) is 8.49. The van der Waals surface area contributed by atoms with Crippen molar-refractivity contribution in [2.75, 3.05) is 45.0 Å². The third kappa shape index (κ3) is 4.84. The molecule has 2 N–H and O–H groups in total. The van der Waals surface area contributed by atoms with E-state index in [0.717, 1.165) is 26.1 Å². The number of nitrogens with zero attached hydrogens (tertiary/aromatic N) is 2. The Balaban J connectivity index is 2.51. The van der Waals surface area contributed by atoms with Crippen molar-refractivity contribution in [1.29, 1.82) is 0 Å². The summed E-state index contributed by atoms with van der Waals surface area (Å²) in [7, 11) is -3.03. The molecule has 0 amide bonds. The second-order valence-corrected chi connectivity index (χ2v) is 7.30. The van der Waals surface area contributed by atoms with E-state index in [1.54, 1.807) is 4.31 Å². The molecule has 0 aromatic carbocycles. The Morgan fingerprint density at radius 2 is 1.94 bits per heavy atom. The maximum Gasteiger partial charge on any atom is 0.214 e. The van der Waals surface area contributed by atoms with E-state index in [1.165, 1.54) is 0 Å². The number of hydrogen-bond acceptors (Lipinski definition) is 4. The third-order valence-corrected chi connectivity index (χ3v) is 5.45. The lowest BCUT2D eigenvalue weighted by molar-refractivity contribution is 0.250. The van der Waals surface area contributed by atoms with Crippen LogP contribution in [0.2, 0.25) is 0 Å². The Bertz CT molecular complexity index is 332. The maximum absolute atomic E-state index is 12.0. The zero-order valence-corrected chi connectivity index (χ0v) is 12.5. The minimum absolute atomic E-state index is 0.270. The average Bonchev–Trinajstić information content (AvgIpc) is 2.55. The molecule has 6 heteroatoms. The van der Waals surface area contributed by atoms with E-state index < -0.39 is 10.0 Å². The molecule has 0 bridgehead atoms. The Labute approximate surface area is 111 Å². The standard InChI is InChI=1S/C12H27N3O2S/c1-3-9-18(16,17)15-6-4-5-14(7-8-15)11-12(2)10-13/h12H,3-11,13H2,1-2H3. The van der Waals surface area contributed by atoms with Gasteiger partial charge in [0.05, 0.1) is 5.75 Å². The number of hydrogen-bond donors (Lipinski definition) is 1. The summed E-state index contributed by atoms with van der Waals surface area (Å²) < 4.78 is 25.7. The smallest absolute Gasteiger partial charge is 0.214 e. The summed E-state index contributed by atoms with van der Waals surface area (Å²) in [6.45, 7) is 8.79. The molecule has 5 nitrogen and oxygen atoms in total. The van der Waals surface area contributed by atoms with Crippen molar-refractivity contribution >= 4 is 10.0 Å². The average molecular weight is 277 g/mol. The molecule has 0 aromatic heterocycles. The molecule has 1 heterocycles. The highest BCUT2D eigenvalue weighted by Crippen LogP contribution is 2.10. The van der Waals surface area contributed by atoms with Gasteiger partial charge in [-0.05, 0) is 31.8 Å². The summed E-state index contributed by atoms with van der Waals surface area (Å²) in [5.74, 6) is 0.746. The predicted octanol–water partition coefficient (Wildman–Crippen LogP) is 0.329. The molecule has 0 radical (unpaired) electrons. The lowest BCUT2D eigenvalue weighted by atomic mass is 10.1. The van der Waals surface area contributed by atoms with E-state index in [2.05, 4.69) is 11.8 Å². The van der Waals surface area contributed by atoms with E-state index in [4.69, 9.17) is 5.73 Å². The van der Waals surface area contributed by atoms with Crippen LogP contribution in [0.5, 0.6) is 0 Å². The van der Waals surface area contributed by atoms with Crippen LogP contribution in [0.15, 0.2) is 0 Å². The fourth-order valence-electron chi connectivity index (χ4n) is 2.31. The van der Waals surface area contributed by atoms with Crippen molar-refractivity contribution in [2.45, 2.75) is 26.7 Å². The first kappa shape index (κ1) is 15.9. The Morgan fingerprint density at radius 3 is 2.56 bits per heavy atom. The number of rotatable bonds is 6. The molecule has 1 atom stereocenters. The predicted molar refractivity (Wildman–Crippen MR) is 74.9 cm³/mol. The van der Waals surface area contributed by atoms with Crippen LogP contribution in [0.1, 0.15) is 26.7 Å². The van der Waals surface area contributed by atoms with Gasteiger partial charge in [-0.1, -0.05) is 13.8 Å². The monoisotopic (exact) mass is 277 g/mol. The molecule has 1 aliphatic heterocycles. The SMILES string of the molecule is CCCS(=O)(=O)N1CCCN(CC(C)CN)CC1. The van der Waals surface area contributed by atoms with Crippen LogP contribution in [0.3, 0.4) is 0 Å². The van der Waals surface area contributed by atoms with E-state index in [0.29, 0.717) is 32.0 Å². The Morgan fingerprint density at radius 1 is 1.22 bits per heavy atom. The minimum atomic E-state index is -3.03. The summed E-state index contributed by atoms with van der Waals surface area (Å²) in [5.41, 5.74) is 5.63. The lowest BCUT2D eigenvalue weighted by Crippen LogP contribution is -2.38. The second-order valence-electron chi connectivity index (χ2n) is 5.21. The van der Waals surface area contributed by atoms with Crippen molar-refractivity contribution in [3.05, 3.63) is 0 Å². The fraction of sp³-hybridized carbons (Fsp3) is 1.00. The molecule has 1 unspecified atom stereocenters. The Hall–Kier alpha value is -0.170. The summed E-state index contributed by atoms with van der Waals surface area (Å²) in [6, 6.07) is 0. The molecule has 0 saturated carbocycles. The van der Waals surface area contributed by atoms with Gasteiger partial charge in [-0.3, -0.25) is 0 Å². The summed E-state index contributed by atoms with van der Waals surface area (Å²) >= 11 is 0. The second kappa shape index (κ2) is 7.43. The zero-order valence-electron chi connectivity index (χ0n) is 11.6. The highest BCUT2D eigenvalue weighted by Gasteiger charge is 2.24. The molecular formula is C12H27N3O2S. The first-order valence-corrected chi connectivity index (χ1v) is 8.50. The van der Waals surface area contributed by atoms with Gasteiger partial charge in [0.2, 0.25) is 10.0 Å². The van der Waals surface area contributed by atoms with E-state index >= 15 is 0 Å². The van der Waals surface area contributed by atoms with Gasteiger partial charge in [0.25, 0.3) is 0 Å². The number of nitrogens with two attached hydrogens (primary N) is 1. The van der Waals surface area contributed by atoms with Crippen molar-refractivity contribution in [2.24, 2.45) is 11.7 Å². The highest BCUT2D eigenvalue weighted by molar-refractivity contribution is 7.89. The topological polar surface area (TPSA) is 66.6 Å². The van der Waals surface area contributed by atoms with Crippen molar-refractivity contribution in [3.8, 4) is 0 Å². The minimum Gasteiger partial charge on any atom is -0.330 e. The molecule has 1 aliphatic rings. The van der Waals surface area contributed by atoms with Crippen LogP contribution in [-0.2, 0) is 10.0 Å². The zero-order chi connectivity index (χ0) is 13.6. The molecule has 0 aromatic rings. The van der Waals surface area contributed by atoms with Gasteiger partial charge >= 0.3 is 0 Å². The molecule has 108 valence electrons. The van der Waals surface area contributed by atoms with Gasteiger partial charge in [-0.2, -0.15) is 0 Å². The summed E-state index contributed by atoms with van der Waals surface area (Å²) in [6.07, 6.45) is 1.60. The van der Waals surface area contributed by atoms with E-state index in [1.807, 2.05) is 6.92 Å². The van der Waals surface area contributed by atoms with E-state index in [9.17, 15) is 8.42 Å².